The van der Waals surface area contributed by atoms with Crippen LogP contribution in [0, 0.1) is 0 Å². The van der Waals surface area contributed by atoms with Gasteiger partial charge in [-0.2, -0.15) is 0 Å². The molecule has 0 fully saturated rings. The molecule has 0 saturated heterocycles. The van der Waals surface area contributed by atoms with Gasteiger partial charge < -0.3 is 10.2 Å². The fourth-order valence-corrected chi connectivity index (χ4v) is 1.59. The van der Waals surface area contributed by atoms with Gasteiger partial charge in [-0.15, -0.1) is 0 Å². The fraction of sp³-hybridized carbons (Fsp3) is 0.125. The van der Waals surface area contributed by atoms with Crippen molar-refractivity contribution >= 4 is 21.8 Å². The third-order valence-electron chi connectivity index (χ3n) is 1.67. The van der Waals surface area contributed by atoms with Crippen molar-refractivity contribution in [2.75, 3.05) is 6.26 Å². The summed E-state index contributed by atoms with van der Waals surface area (Å²) in [5.41, 5.74) is -1.25. The molecule has 0 radical (unpaired) electrons. The number of pyridine rings is 1. The van der Waals surface area contributed by atoms with E-state index in [0.717, 1.165) is 18.4 Å². The van der Waals surface area contributed by atoms with Crippen LogP contribution in [0.5, 0.6) is 0 Å². The summed E-state index contributed by atoms with van der Waals surface area (Å²) >= 11 is 0. The van der Waals surface area contributed by atoms with Crippen LogP contribution in [0.3, 0.4) is 0 Å². The largest absolute Gasteiger partial charge is 0.477 e. The zero-order valence-corrected chi connectivity index (χ0v) is 8.85. The number of hydrogen-bond acceptors (Lipinski definition) is 5. The predicted molar refractivity (Wildman–Crippen MR) is 51.3 cm³/mol. The van der Waals surface area contributed by atoms with Crippen molar-refractivity contribution < 1.29 is 28.2 Å². The Balaban J connectivity index is 3.54. The van der Waals surface area contributed by atoms with Gasteiger partial charge in [-0.25, -0.2) is 23.0 Å². The van der Waals surface area contributed by atoms with Crippen molar-refractivity contribution in [1.29, 1.82) is 0 Å². The Bertz CT molecular complexity index is 530. The molecule has 1 rings (SSSR count). The van der Waals surface area contributed by atoms with Crippen LogP contribution in [0.1, 0.15) is 21.0 Å². The molecular formula is C8H7NO6S. The molecule has 8 heteroatoms. The summed E-state index contributed by atoms with van der Waals surface area (Å²) in [6, 6.07) is 1.62. The summed E-state index contributed by atoms with van der Waals surface area (Å²) in [4.78, 5) is 24.1. The molecule has 1 heterocycles. The van der Waals surface area contributed by atoms with Crippen LogP contribution < -0.4 is 0 Å². The molecule has 0 spiro atoms. The number of carbonyl (C=O) groups is 2. The van der Waals surface area contributed by atoms with E-state index < -0.39 is 38.1 Å². The van der Waals surface area contributed by atoms with E-state index in [0.29, 0.717) is 0 Å². The van der Waals surface area contributed by atoms with Gasteiger partial charge in [-0.1, -0.05) is 0 Å². The summed E-state index contributed by atoms with van der Waals surface area (Å²) in [7, 11) is -3.68. The lowest BCUT2D eigenvalue weighted by atomic mass is 10.3. The van der Waals surface area contributed by atoms with E-state index in [2.05, 4.69) is 4.98 Å². The highest BCUT2D eigenvalue weighted by Crippen LogP contribution is 2.12. The number of sulfone groups is 1. The quantitative estimate of drug-likeness (QED) is 0.761. The highest BCUT2D eigenvalue weighted by molar-refractivity contribution is 7.90. The summed E-state index contributed by atoms with van der Waals surface area (Å²) in [5, 5.41) is 17.3. The number of rotatable bonds is 3. The molecule has 1 aromatic rings. The van der Waals surface area contributed by atoms with Crippen molar-refractivity contribution in [1.82, 2.24) is 4.98 Å². The van der Waals surface area contributed by atoms with Crippen LogP contribution in [0.25, 0.3) is 0 Å². The van der Waals surface area contributed by atoms with E-state index in [1.54, 1.807) is 0 Å². The minimum atomic E-state index is -3.68. The van der Waals surface area contributed by atoms with Crippen LogP contribution in [0.4, 0.5) is 0 Å². The normalized spacial score (nSPS) is 11.1. The second-order valence-corrected chi connectivity index (χ2v) is 4.97. The second-order valence-electron chi connectivity index (χ2n) is 2.96. The SMILES string of the molecule is CS(=O)(=O)c1cc(C(=O)O)nc(C(=O)O)c1. The standard InChI is InChI=1S/C8H7NO6S/c1-16(14,15)4-2-5(7(10)11)9-6(3-4)8(12)13/h2-3H,1H3,(H,10,11)(H,12,13). The fourth-order valence-electron chi connectivity index (χ4n) is 0.939. The molecular weight excluding hydrogens is 238 g/mol. The Labute approximate surface area is 90.3 Å². The van der Waals surface area contributed by atoms with Gasteiger partial charge in [0.25, 0.3) is 0 Å². The minimum absolute atomic E-state index is 0.391. The molecule has 0 saturated carbocycles. The van der Waals surface area contributed by atoms with Crippen molar-refractivity contribution in [2.24, 2.45) is 0 Å². The average Bonchev–Trinajstić information content (AvgIpc) is 2.15. The first kappa shape index (κ1) is 12.1. The summed E-state index contributed by atoms with van der Waals surface area (Å²) < 4.78 is 22.3. The van der Waals surface area contributed by atoms with Gasteiger partial charge in [0.05, 0.1) is 4.90 Å². The number of nitrogens with zero attached hydrogens (tertiary/aromatic N) is 1. The molecule has 7 nitrogen and oxygen atoms in total. The first-order valence-electron chi connectivity index (χ1n) is 3.90. The number of carboxylic acids is 2. The molecule has 0 bridgehead atoms. The van der Waals surface area contributed by atoms with Gasteiger partial charge in [0, 0.05) is 6.26 Å². The molecule has 2 N–H and O–H groups in total. The molecule has 0 aliphatic heterocycles. The average molecular weight is 245 g/mol. The molecule has 0 unspecified atom stereocenters. The van der Waals surface area contributed by atoms with Gasteiger partial charge in [0.2, 0.25) is 0 Å². The number of aromatic carboxylic acids is 2. The first-order chi connectivity index (χ1) is 7.21. The third-order valence-corrected chi connectivity index (χ3v) is 2.76. The third kappa shape index (κ3) is 2.54. The Morgan fingerprint density at radius 1 is 1.12 bits per heavy atom. The van der Waals surface area contributed by atoms with Crippen LogP contribution in [0.2, 0.25) is 0 Å². The van der Waals surface area contributed by atoms with Crippen LogP contribution >= 0.6 is 0 Å². The van der Waals surface area contributed by atoms with E-state index in [1.807, 2.05) is 0 Å². The van der Waals surface area contributed by atoms with Gasteiger partial charge in [0.15, 0.2) is 9.84 Å². The van der Waals surface area contributed by atoms with Crippen molar-refractivity contribution in [3.8, 4) is 0 Å². The Morgan fingerprint density at radius 3 is 1.75 bits per heavy atom. The van der Waals surface area contributed by atoms with Gasteiger partial charge in [-0.05, 0) is 12.1 Å². The summed E-state index contributed by atoms with van der Waals surface area (Å²) in [6.07, 6.45) is 0.847. The Hall–Kier alpha value is -1.96. The Morgan fingerprint density at radius 2 is 1.50 bits per heavy atom. The number of aromatic nitrogens is 1. The van der Waals surface area contributed by atoms with Crippen molar-refractivity contribution in [3.63, 3.8) is 0 Å². The molecule has 1 aromatic heterocycles. The Kier molecular flexibility index (Phi) is 2.95. The van der Waals surface area contributed by atoms with Crippen molar-refractivity contribution in [2.45, 2.75) is 4.90 Å². The van der Waals surface area contributed by atoms with Gasteiger partial charge in [0.1, 0.15) is 11.4 Å². The van der Waals surface area contributed by atoms with E-state index in [1.165, 1.54) is 0 Å². The topological polar surface area (TPSA) is 122 Å². The molecule has 0 amide bonds. The zero-order valence-electron chi connectivity index (χ0n) is 8.04. The van der Waals surface area contributed by atoms with Gasteiger partial charge in [-0.3, -0.25) is 0 Å². The van der Waals surface area contributed by atoms with E-state index in [-0.39, 0.29) is 0 Å². The molecule has 16 heavy (non-hydrogen) atoms. The van der Waals surface area contributed by atoms with E-state index in [4.69, 9.17) is 10.2 Å². The van der Waals surface area contributed by atoms with Gasteiger partial charge >= 0.3 is 11.9 Å². The molecule has 0 aliphatic carbocycles. The highest BCUT2D eigenvalue weighted by atomic mass is 32.2. The molecule has 86 valence electrons. The highest BCUT2D eigenvalue weighted by Gasteiger charge is 2.17. The second kappa shape index (κ2) is 3.89. The minimum Gasteiger partial charge on any atom is -0.477 e. The van der Waals surface area contributed by atoms with Crippen LogP contribution in [-0.4, -0.2) is 41.8 Å². The zero-order chi connectivity index (χ0) is 12.5. The summed E-state index contributed by atoms with van der Waals surface area (Å²) in [5.74, 6) is -2.99. The first-order valence-corrected chi connectivity index (χ1v) is 5.79. The lowest BCUT2D eigenvalue weighted by molar-refractivity contribution is 0.0684. The van der Waals surface area contributed by atoms with Crippen molar-refractivity contribution in [3.05, 3.63) is 23.5 Å². The van der Waals surface area contributed by atoms with E-state index in [9.17, 15) is 18.0 Å². The lowest BCUT2D eigenvalue weighted by Gasteiger charge is -2.02. The maximum absolute atomic E-state index is 11.2. The maximum atomic E-state index is 11.2. The predicted octanol–water partition coefficient (Wildman–Crippen LogP) is -0.118. The molecule has 0 atom stereocenters. The monoisotopic (exact) mass is 245 g/mol. The van der Waals surface area contributed by atoms with E-state index >= 15 is 0 Å². The van der Waals surface area contributed by atoms with Crippen LogP contribution in [0.15, 0.2) is 17.0 Å². The summed E-state index contributed by atoms with van der Waals surface area (Å²) in [6.45, 7) is 0. The number of carboxylic acid groups (broad SMARTS) is 2. The molecule has 0 aromatic carbocycles. The number of hydrogen-bond donors (Lipinski definition) is 2. The van der Waals surface area contributed by atoms with Crippen LogP contribution in [-0.2, 0) is 9.84 Å². The maximum Gasteiger partial charge on any atom is 0.354 e. The lowest BCUT2D eigenvalue weighted by Crippen LogP contribution is -2.10. The smallest absolute Gasteiger partial charge is 0.354 e. The molecule has 0 aliphatic rings.